The molecule has 0 unspecified atom stereocenters. The fraction of sp³-hybridized carbons (Fsp3) is 0.545. The Morgan fingerprint density at radius 2 is 1.16 bits per heavy atom. The summed E-state index contributed by atoms with van der Waals surface area (Å²) in [7, 11) is 0. The van der Waals surface area contributed by atoms with E-state index in [0.29, 0.717) is 17.8 Å². The Morgan fingerprint density at radius 1 is 0.658 bits per heavy atom. The van der Waals surface area contributed by atoms with Gasteiger partial charge in [-0.3, -0.25) is 4.79 Å². The predicted octanol–water partition coefficient (Wildman–Crippen LogP) is 9.05. The van der Waals surface area contributed by atoms with Crippen molar-refractivity contribution in [3.63, 3.8) is 0 Å². The van der Waals surface area contributed by atoms with Gasteiger partial charge in [0.1, 0.15) is 11.5 Å². The smallest absolute Gasteiger partial charge is 0.235 e. The summed E-state index contributed by atoms with van der Waals surface area (Å²) in [4.78, 5) is 12.9. The fourth-order valence-electron chi connectivity index (χ4n) is 5.46. The number of phenols is 2. The van der Waals surface area contributed by atoms with Crippen molar-refractivity contribution in [3.8, 4) is 28.5 Å². The second-order valence-corrected chi connectivity index (χ2v) is 10.7. The summed E-state index contributed by atoms with van der Waals surface area (Å²) in [5, 5.41) is 31.4. The topological polar surface area (TPSA) is 82.7 Å². The van der Waals surface area contributed by atoms with Crippen LogP contribution in [0.5, 0.6) is 17.2 Å². The average Bonchev–Trinajstić information content (AvgIpc) is 2.91. The number of pyridine rings is 1. The van der Waals surface area contributed by atoms with Gasteiger partial charge in [0.2, 0.25) is 5.43 Å². The molecule has 1 heterocycles. The van der Waals surface area contributed by atoms with Crippen LogP contribution in [-0.2, 0) is 6.54 Å². The standard InChI is InChI=1S/C33H47NO4/c1-2-3-4-5-6-7-8-9-10-11-12-13-14-15-16-20-23-34-28-24-27(35)25-29(36)30(28)32(37)33(38)31(34)26-21-18-17-19-22-26/h17-19,21-22,24-25,35-36,38H,2-16,20,23H2,1H3. The first kappa shape index (κ1) is 29.6. The highest BCUT2D eigenvalue weighted by Gasteiger charge is 2.20. The lowest BCUT2D eigenvalue weighted by Gasteiger charge is -2.19. The molecule has 0 fully saturated rings. The van der Waals surface area contributed by atoms with E-state index in [4.69, 9.17) is 0 Å². The summed E-state index contributed by atoms with van der Waals surface area (Å²) < 4.78 is 1.87. The molecule has 5 nitrogen and oxygen atoms in total. The molecular weight excluding hydrogens is 474 g/mol. The maximum Gasteiger partial charge on any atom is 0.235 e. The number of aromatic nitrogens is 1. The Labute approximate surface area is 228 Å². The Kier molecular flexibility index (Phi) is 12.5. The number of hydrogen-bond acceptors (Lipinski definition) is 4. The summed E-state index contributed by atoms with van der Waals surface area (Å²) in [6.45, 7) is 2.85. The van der Waals surface area contributed by atoms with Crippen LogP contribution in [0.2, 0.25) is 0 Å². The third-order valence-electron chi connectivity index (χ3n) is 7.59. The highest BCUT2D eigenvalue weighted by atomic mass is 16.3. The normalized spacial score (nSPS) is 11.4. The monoisotopic (exact) mass is 521 g/mol. The summed E-state index contributed by atoms with van der Waals surface area (Å²) >= 11 is 0. The van der Waals surface area contributed by atoms with E-state index in [1.807, 2.05) is 34.9 Å². The molecule has 38 heavy (non-hydrogen) atoms. The van der Waals surface area contributed by atoms with Gasteiger partial charge in [-0.15, -0.1) is 0 Å². The van der Waals surface area contributed by atoms with Crippen LogP contribution in [0.15, 0.2) is 47.3 Å². The van der Waals surface area contributed by atoms with Crippen LogP contribution in [0.4, 0.5) is 0 Å². The van der Waals surface area contributed by atoms with Crippen LogP contribution in [0.3, 0.4) is 0 Å². The Balaban J connectivity index is 1.46. The zero-order valence-electron chi connectivity index (χ0n) is 23.3. The first-order valence-corrected chi connectivity index (χ1v) is 14.9. The molecule has 2 aromatic carbocycles. The van der Waals surface area contributed by atoms with E-state index in [0.717, 1.165) is 30.9 Å². The van der Waals surface area contributed by atoms with Gasteiger partial charge in [0.05, 0.1) is 16.6 Å². The van der Waals surface area contributed by atoms with Gasteiger partial charge in [0.25, 0.3) is 0 Å². The average molecular weight is 522 g/mol. The van der Waals surface area contributed by atoms with Crippen molar-refractivity contribution in [1.82, 2.24) is 4.57 Å². The quantitative estimate of drug-likeness (QED) is 0.146. The van der Waals surface area contributed by atoms with Crippen molar-refractivity contribution in [1.29, 1.82) is 0 Å². The number of hydrogen-bond donors (Lipinski definition) is 3. The largest absolute Gasteiger partial charge is 0.508 e. The molecule has 1 aromatic heterocycles. The van der Waals surface area contributed by atoms with Gasteiger partial charge in [-0.1, -0.05) is 134 Å². The van der Waals surface area contributed by atoms with Gasteiger partial charge in [-0.25, -0.2) is 0 Å². The van der Waals surface area contributed by atoms with Crippen LogP contribution in [-0.4, -0.2) is 19.9 Å². The Morgan fingerprint density at radius 3 is 1.68 bits per heavy atom. The van der Waals surface area contributed by atoms with Gasteiger partial charge >= 0.3 is 0 Å². The van der Waals surface area contributed by atoms with E-state index >= 15 is 0 Å². The minimum absolute atomic E-state index is 0.0384. The molecule has 0 aliphatic rings. The molecule has 0 radical (unpaired) electrons. The molecular formula is C33H47NO4. The van der Waals surface area contributed by atoms with E-state index < -0.39 is 5.43 Å². The molecule has 0 aliphatic heterocycles. The zero-order valence-corrected chi connectivity index (χ0v) is 23.3. The summed E-state index contributed by atoms with van der Waals surface area (Å²) in [6, 6.07) is 12.0. The Bertz CT molecular complexity index is 1170. The van der Waals surface area contributed by atoms with Crippen molar-refractivity contribution in [2.45, 2.75) is 116 Å². The maximum absolute atomic E-state index is 12.9. The van der Waals surface area contributed by atoms with Crippen molar-refractivity contribution in [2.24, 2.45) is 0 Å². The molecule has 3 N–H and O–H groups in total. The lowest BCUT2D eigenvalue weighted by Crippen LogP contribution is -2.13. The van der Waals surface area contributed by atoms with Gasteiger partial charge < -0.3 is 19.9 Å². The van der Waals surface area contributed by atoms with Gasteiger partial charge in [-0.05, 0) is 6.42 Å². The van der Waals surface area contributed by atoms with E-state index in [1.54, 1.807) is 0 Å². The van der Waals surface area contributed by atoms with Gasteiger partial charge in [0, 0.05) is 24.2 Å². The molecule has 0 saturated carbocycles. The molecule has 5 heteroatoms. The van der Waals surface area contributed by atoms with E-state index in [9.17, 15) is 20.1 Å². The minimum atomic E-state index is -0.625. The molecule has 0 aliphatic carbocycles. The number of fused-ring (bicyclic) bond motifs is 1. The minimum Gasteiger partial charge on any atom is -0.508 e. The SMILES string of the molecule is CCCCCCCCCCCCCCCCCCn1c(-c2ccccc2)c(O)c(=O)c2c(O)cc(O)cc21. The zero-order chi connectivity index (χ0) is 27.2. The molecule has 0 atom stereocenters. The second kappa shape index (κ2) is 16.1. The van der Waals surface area contributed by atoms with Crippen LogP contribution >= 0.6 is 0 Å². The van der Waals surface area contributed by atoms with E-state index in [2.05, 4.69) is 6.92 Å². The van der Waals surface area contributed by atoms with Crippen LogP contribution < -0.4 is 5.43 Å². The van der Waals surface area contributed by atoms with Crippen molar-refractivity contribution in [2.75, 3.05) is 0 Å². The summed E-state index contributed by atoms with van der Waals surface area (Å²) in [5.41, 5.74) is 0.960. The predicted molar refractivity (Wildman–Crippen MR) is 158 cm³/mol. The molecule has 208 valence electrons. The first-order valence-electron chi connectivity index (χ1n) is 14.9. The van der Waals surface area contributed by atoms with Crippen LogP contribution in [0.25, 0.3) is 22.2 Å². The van der Waals surface area contributed by atoms with Crippen LogP contribution in [0.1, 0.15) is 110 Å². The Hall–Kier alpha value is -2.95. The lowest BCUT2D eigenvalue weighted by molar-refractivity contribution is 0.449. The molecule has 0 spiro atoms. The number of phenolic OH excluding ortho intramolecular Hbond substituents is 2. The molecule has 3 aromatic rings. The van der Waals surface area contributed by atoms with E-state index in [1.165, 1.54) is 89.5 Å². The number of nitrogens with zero attached hydrogens (tertiary/aromatic N) is 1. The highest BCUT2D eigenvalue weighted by molar-refractivity contribution is 5.91. The molecule has 0 bridgehead atoms. The fourth-order valence-corrected chi connectivity index (χ4v) is 5.46. The number of rotatable bonds is 18. The van der Waals surface area contributed by atoms with Gasteiger partial charge in [0.15, 0.2) is 5.75 Å². The lowest BCUT2D eigenvalue weighted by atomic mass is 10.0. The van der Waals surface area contributed by atoms with Crippen molar-refractivity contribution >= 4 is 10.9 Å². The van der Waals surface area contributed by atoms with Crippen molar-refractivity contribution in [3.05, 3.63) is 52.7 Å². The molecule has 0 amide bonds. The van der Waals surface area contributed by atoms with Gasteiger partial charge in [-0.2, -0.15) is 0 Å². The van der Waals surface area contributed by atoms with Crippen LogP contribution in [0, 0.1) is 0 Å². The van der Waals surface area contributed by atoms with Crippen molar-refractivity contribution < 1.29 is 15.3 Å². The third-order valence-corrected chi connectivity index (χ3v) is 7.59. The third kappa shape index (κ3) is 8.54. The molecule has 0 saturated heterocycles. The van der Waals surface area contributed by atoms with E-state index in [-0.39, 0.29) is 22.6 Å². The summed E-state index contributed by atoms with van der Waals surface area (Å²) in [5.74, 6) is -0.804. The number of aryl methyl sites for hydroxylation is 1. The molecule has 3 rings (SSSR count). The summed E-state index contributed by atoms with van der Waals surface area (Å²) in [6.07, 6.45) is 20.7. The second-order valence-electron chi connectivity index (χ2n) is 10.7. The number of unbranched alkanes of at least 4 members (excludes halogenated alkanes) is 15. The number of benzene rings is 2. The maximum atomic E-state index is 12.9. The number of aromatic hydroxyl groups is 3. The highest BCUT2D eigenvalue weighted by Crippen LogP contribution is 2.35. The first-order chi connectivity index (χ1) is 18.5.